The Kier molecular flexibility index (Phi) is 5.61. The van der Waals surface area contributed by atoms with Gasteiger partial charge in [-0.3, -0.25) is 9.88 Å². The molecule has 2 aromatic carbocycles. The molecule has 32 heavy (non-hydrogen) atoms. The number of ether oxygens (including phenoxy) is 2. The fraction of sp³-hybridized carbons (Fsp3) is 0.320. The van der Waals surface area contributed by atoms with Gasteiger partial charge in [-0.1, -0.05) is 24.3 Å². The number of fused-ring (bicyclic) bond motifs is 1. The van der Waals surface area contributed by atoms with E-state index in [4.69, 9.17) is 9.47 Å². The van der Waals surface area contributed by atoms with Gasteiger partial charge in [-0.15, -0.1) is 0 Å². The Morgan fingerprint density at radius 3 is 2.44 bits per heavy atom. The first-order chi connectivity index (χ1) is 15.5. The number of pyridine rings is 1. The molecule has 2 aliphatic rings. The van der Waals surface area contributed by atoms with Gasteiger partial charge in [0.25, 0.3) is 0 Å². The third kappa shape index (κ3) is 4.36. The van der Waals surface area contributed by atoms with E-state index in [1.54, 1.807) is 12.1 Å². The predicted octanol–water partition coefficient (Wildman–Crippen LogP) is 4.26. The summed E-state index contributed by atoms with van der Waals surface area (Å²) in [5.41, 5.74) is 4.20. The van der Waals surface area contributed by atoms with Gasteiger partial charge in [-0.2, -0.15) is 0 Å². The number of sulfone groups is 1. The first kappa shape index (κ1) is 21.0. The zero-order chi connectivity index (χ0) is 22.1. The van der Waals surface area contributed by atoms with Gasteiger partial charge in [0.15, 0.2) is 21.3 Å². The van der Waals surface area contributed by atoms with Crippen LogP contribution in [0.4, 0.5) is 0 Å². The van der Waals surface area contributed by atoms with Crippen LogP contribution in [0.3, 0.4) is 0 Å². The van der Waals surface area contributed by atoms with E-state index in [2.05, 4.69) is 28.1 Å². The van der Waals surface area contributed by atoms with Gasteiger partial charge in [-0.05, 0) is 60.8 Å². The highest BCUT2D eigenvalue weighted by Gasteiger charge is 2.27. The summed E-state index contributed by atoms with van der Waals surface area (Å²) in [7, 11) is -3.19. The van der Waals surface area contributed by atoms with E-state index in [9.17, 15) is 8.42 Å². The Morgan fingerprint density at radius 1 is 0.969 bits per heavy atom. The van der Waals surface area contributed by atoms with Crippen molar-refractivity contribution < 1.29 is 17.9 Å². The van der Waals surface area contributed by atoms with Crippen LogP contribution < -0.4 is 9.47 Å². The molecule has 1 fully saturated rings. The number of aromatic nitrogens is 1. The Balaban J connectivity index is 1.30. The summed E-state index contributed by atoms with van der Waals surface area (Å²) in [6, 6.07) is 17.7. The van der Waals surface area contributed by atoms with Gasteiger partial charge in [0.1, 0.15) is 13.2 Å². The van der Waals surface area contributed by atoms with Crippen LogP contribution in [0, 0.1) is 0 Å². The van der Waals surface area contributed by atoms with Gasteiger partial charge in [0.05, 0.1) is 10.6 Å². The maximum absolute atomic E-state index is 11.7. The van der Waals surface area contributed by atoms with Crippen molar-refractivity contribution in [3.05, 3.63) is 72.1 Å². The highest BCUT2D eigenvalue weighted by atomic mass is 32.2. The van der Waals surface area contributed by atoms with Gasteiger partial charge >= 0.3 is 0 Å². The standard InChI is InChI=1S/C25H26N2O4S/c1-32(28,29)22-9-5-18(6-10-22)20-4-8-21(26-16-20)17-27-12-2-3-23(27)19-7-11-24-25(15-19)31-14-13-30-24/h4-11,15-16,23H,2-3,12-14,17H2,1H3. The Hall–Kier alpha value is -2.90. The first-order valence-electron chi connectivity index (χ1n) is 10.9. The van der Waals surface area contributed by atoms with Crippen molar-refractivity contribution in [2.75, 3.05) is 26.0 Å². The molecule has 0 bridgehead atoms. The van der Waals surface area contributed by atoms with E-state index in [0.29, 0.717) is 24.2 Å². The molecule has 1 unspecified atom stereocenters. The Morgan fingerprint density at radius 2 is 1.72 bits per heavy atom. The van der Waals surface area contributed by atoms with E-state index in [0.717, 1.165) is 54.3 Å². The molecule has 1 aromatic heterocycles. The topological polar surface area (TPSA) is 68.7 Å². The summed E-state index contributed by atoms with van der Waals surface area (Å²) in [5.74, 6) is 1.66. The van der Waals surface area contributed by atoms with Gasteiger partial charge in [0.2, 0.25) is 0 Å². The van der Waals surface area contributed by atoms with E-state index < -0.39 is 9.84 Å². The first-order valence-corrected chi connectivity index (χ1v) is 12.8. The summed E-state index contributed by atoms with van der Waals surface area (Å²) < 4.78 is 34.7. The Labute approximate surface area is 188 Å². The van der Waals surface area contributed by atoms with Crippen LogP contribution in [0.5, 0.6) is 11.5 Å². The van der Waals surface area contributed by atoms with Crippen LogP contribution in [-0.2, 0) is 16.4 Å². The second kappa shape index (κ2) is 8.56. The zero-order valence-electron chi connectivity index (χ0n) is 18.0. The second-order valence-corrected chi connectivity index (χ2v) is 10.4. The molecule has 0 N–H and O–H groups in total. The number of nitrogens with zero attached hydrogens (tertiary/aromatic N) is 2. The van der Waals surface area contributed by atoms with Crippen LogP contribution >= 0.6 is 0 Å². The lowest BCUT2D eigenvalue weighted by Gasteiger charge is -2.26. The average Bonchev–Trinajstić information content (AvgIpc) is 3.27. The fourth-order valence-electron chi connectivity index (χ4n) is 4.45. The van der Waals surface area contributed by atoms with Crippen LogP contribution in [0.1, 0.15) is 30.1 Å². The lowest BCUT2D eigenvalue weighted by atomic mass is 10.0. The average molecular weight is 451 g/mol. The molecular weight excluding hydrogens is 424 g/mol. The smallest absolute Gasteiger partial charge is 0.175 e. The van der Waals surface area contributed by atoms with Crippen LogP contribution in [0.15, 0.2) is 65.7 Å². The molecule has 2 aliphatic heterocycles. The monoisotopic (exact) mass is 450 g/mol. The van der Waals surface area contributed by atoms with E-state index in [-0.39, 0.29) is 0 Å². The number of likely N-dealkylation sites (tertiary alicyclic amines) is 1. The SMILES string of the molecule is CS(=O)(=O)c1ccc(-c2ccc(CN3CCCC3c3ccc4c(c3)OCCO4)nc2)cc1. The van der Waals surface area contributed by atoms with Crippen molar-refractivity contribution in [3.8, 4) is 22.6 Å². The number of hydrogen-bond acceptors (Lipinski definition) is 6. The fourth-order valence-corrected chi connectivity index (χ4v) is 5.08. The largest absolute Gasteiger partial charge is 0.486 e. The molecule has 0 saturated carbocycles. The molecule has 3 heterocycles. The minimum Gasteiger partial charge on any atom is -0.486 e. The molecule has 6 nitrogen and oxygen atoms in total. The van der Waals surface area contributed by atoms with Crippen molar-refractivity contribution in [1.82, 2.24) is 9.88 Å². The van der Waals surface area contributed by atoms with Crippen molar-refractivity contribution in [1.29, 1.82) is 0 Å². The van der Waals surface area contributed by atoms with E-state index in [1.165, 1.54) is 11.8 Å². The summed E-state index contributed by atoms with van der Waals surface area (Å²) in [6.07, 6.45) is 5.35. The summed E-state index contributed by atoms with van der Waals surface area (Å²) in [5, 5.41) is 0. The predicted molar refractivity (Wildman–Crippen MR) is 123 cm³/mol. The molecule has 1 saturated heterocycles. The number of rotatable bonds is 5. The van der Waals surface area contributed by atoms with Gasteiger partial charge < -0.3 is 9.47 Å². The van der Waals surface area contributed by atoms with Crippen LogP contribution in [0.2, 0.25) is 0 Å². The summed E-state index contributed by atoms with van der Waals surface area (Å²) >= 11 is 0. The Bertz CT molecular complexity index is 1210. The van der Waals surface area contributed by atoms with Gasteiger partial charge in [-0.25, -0.2) is 8.42 Å². The number of benzene rings is 2. The molecule has 7 heteroatoms. The quantitative estimate of drug-likeness (QED) is 0.579. The van der Waals surface area contributed by atoms with Crippen molar-refractivity contribution in [2.24, 2.45) is 0 Å². The summed E-state index contributed by atoms with van der Waals surface area (Å²) in [6.45, 7) is 3.02. The normalized spacial score (nSPS) is 18.6. The minimum absolute atomic E-state index is 0.324. The molecular formula is C25H26N2O4S. The summed E-state index contributed by atoms with van der Waals surface area (Å²) in [4.78, 5) is 7.47. The molecule has 166 valence electrons. The van der Waals surface area contributed by atoms with Crippen LogP contribution in [-0.4, -0.2) is 44.3 Å². The van der Waals surface area contributed by atoms with Gasteiger partial charge in [0, 0.05) is 30.6 Å². The highest BCUT2D eigenvalue weighted by molar-refractivity contribution is 7.90. The highest BCUT2D eigenvalue weighted by Crippen LogP contribution is 2.38. The molecule has 0 spiro atoms. The maximum Gasteiger partial charge on any atom is 0.175 e. The molecule has 5 rings (SSSR count). The number of hydrogen-bond donors (Lipinski definition) is 0. The maximum atomic E-state index is 11.7. The molecule has 3 aromatic rings. The van der Waals surface area contributed by atoms with Crippen molar-refractivity contribution in [2.45, 2.75) is 30.3 Å². The molecule has 0 aliphatic carbocycles. The van der Waals surface area contributed by atoms with Crippen molar-refractivity contribution >= 4 is 9.84 Å². The van der Waals surface area contributed by atoms with E-state index >= 15 is 0 Å². The minimum atomic E-state index is -3.19. The third-order valence-electron chi connectivity index (χ3n) is 6.12. The van der Waals surface area contributed by atoms with E-state index in [1.807, 2.05) is 30.5 Å². The van der Waals surface area contributed by atoms with Crippen molar-refractivity contribution in [3.63, 3.8) is 0 Å². The molecule has 0 radical (unpaired) electrons. The lowest BCUT2D eigenvalue weighted by Crippen LogP contribution is -2.23. The lowest BCUT2D eigenvalue weighted by molar-refractivity contribution is 0.170. The zero-order valence-corrected chi connectivity index (χ0v) is 18.8. The van der Waals surface area contributed by atoms with Crippen LogP contribution in [0.25, 0.3) is 11.1 Å². The second-order valence-electron chi connectivity index (χ2n) is 8.37. The third-order valence-corrected chi connectivity index (χ3v) is 7.25. The molecule has 0 amide bonds. The molecule has 1 atom stereocenters.